The molecule has 0 bridgehead atoms. The van der Waals surface area contributed by atoms with Crippen LogP contribution in [0.3, 0.4) is 0 Å². The third-order valence-electron chi connectivity index (χ3n) is 3.50. The smallest absolute Gasteiger partial charge is 0.231 e. The molecule has 0 saturated carbocycles. The molecule has 1 N–H and O–H groups in total. The zero-order valence-electron chi connectivity index (χ0n) is 10.4. The van der Waals surface area contributed by atoms with E-state index < -0.39 is 0 Å². The third-order valence-corrected chi connectivity index (χ3v) is 3.50. The van der Waals surface area contributed by atoms with Gasteiger partial charge in [0, 0.05) is 31.6 Å². The quantitative estimate of drug-likeness (QED) is 0.820. The molecule has 6 heteroatoms. The molecular formula is C13H14N4O2. The molecule has 2 aromatic rings. The van der Waals surface area contributed by atoms with Crippen molar-refractivity contribution in [2.24, 2.45) is 0 Å². The van der Waals surface area contributed by atoms with Crippen molar-refractivity contribution in [3.63, 3.8) is 0 Å². The molecule has 0 unspecified atom stereocenters. The van der Waals surface area contributed by atoms with E-state index in [9.17, 15) is 0 Å². The summed E-state index contributed by atoms with van der Waals surface area (Å²) in [5.41, 5.74) is 1.02. The predicted molar refractivity (Wildman–Crippen MR) is 68.2 cm³/mol. The second kappa shape index (κ2) is 4.24. The van der Waals surface area contributed by atoms with Gasteiger partial charge in [-0.3, -0.25) is 0 Å². The topological polar surface area (TPSA) is 61.2 Å². The summed E-state index contributed by atoms with van der Waals surface area (Å²) >= 11 is 0. The van der Waals surface area contributed by atoms with Crippen molar-refractivity contribution < 1.29 is 9.47 Å². The lowest BCUT2D eigenvalue weighted by Gasteiger charge is -2.07. The highest BCUT2D eigenvalue weighted by Crippen LogP contribution is 2.35. The molecule has 4 rings (SSSR count). The van der Waals surface area contributed by atoms with E-state index in [1.54, 1.807) is 0 Å². The molecule has 0 aliphatic carbocycles. The molecule has 0 spiro atoms. The molecule has 2 aliphatic heterocycles. The van der Waals surface area contributed by atoms with Gasteiger partial charge in [-0.15, -0.1) is 10.2 Å². The zero-order chi connectivity index (χ0) is 12.7. The van der Waals surface area contributed by atoms with E-state index in [4.69, 9.17) is 9.47 Å². The molecule has 2 aliphatic rings. The van der Waals surface area contributed by atoms with E-state index in [1.807, 2.05) is 18.2 Å². The van der Waals surface area contributed by atoms with E-state index in [0.717, 1.165) is 54.8 Å². The maximum absolute atomic E-state index is 5.41. The van der Waals surface area contributed by atoms with Crippen molar-refractivity contribution in [2.75, 3.05) is 19.9 Å². The largest absolute Gasteiger partial charge is 0.454 e. The minimum absolute atomic E-state index is 0.292. The first kappa shape index (κ1) is 10.8. The summed E-state index contributed by atoms with van der Waals surface area (Å²) in [6.07, 6.45) is 0.914. The molecular weight excluding hydrogens is 244 g/mol. The first-order valence-electron chi connectivity index (χ1n) is 6.44. The Morgan fingerprint density at radius 2 is 2.05 bits per heavy atom. The Kier molecular flexibility index (Phi) is 2.41. The van der Waals surface area contributed by atoms with Crippen LogP contribution in [0.5, 0.6) is 11.5 Å². The molecule has 0 amide bonds. The van der Waals surface area contributed by atoms with Crippen molar-refractivity contribution in [3.05, 3.63) is 24.0 Å². The highest BCUT2D eigenvalue weighted by molar-refractivity contribution is 5.62. The number of aromatic nitrogens is 3. The SMILES string of the molecule is c1cc2c(cc1-c1nnc3n1CCNCC3)OCO2. The van der Waals surface area contributed by atoms with Gasteiger partial charge in [-0.05, 0) is 18.2 Å². The van der Waals surface area contributed by atoms with Crippen molar-refractivity contribution in [2.45, 2.75) is 13.0 Å². The van der Waals surface area contributed by atoms with E-state index in [0.29, 0.717) is 6.79 Å². The molecule has 0 saturated heterocycles. The second-order valence-electron chi connectivity index (χ2n) is 4.66. The predicted octanol–water partition coefficient (Wildman–Crippen LogP) is 0.819. The van der Waals surface area contributed by atoms with Crippen LogP contribution in [0.4, 0.5) is 0 Å². The Hall–Kier alpha value is -2.08. The average Bonchev–Trinajstić information content (AvgIpc) is 2.99. The number of rotatable bonds is 1. The average molecular weight is 258 g/mol. The van der Waals surface area contributed by atoms with E-state index in [-0.39, 0.29) is 0 Å². The summed E-state index contributed by atoms with van der Waals surface area (Å²) < 4.78 is 12.9. The number of nitrogens with zero attached hydrogens (tertiary/aromatic N) is 3. The van der Waals surface area contributed by atoms with E-state index in [2.05, 4.69) is 20.1 Å². The Bertz CT molecular complexity index is 623. The lowest BCUT2D eigenvalue weighted by atomic mass is 10.2. The summed E-state index contributed by atoms with van der Waals surface area (Å²) in [6.45, 7) is 3.09. The van der Waals surface area contributed by atoms with Gasteiger partial charge in [0.2, 0.25) is 6.79 Å². The Balaban J connectivity index is 1.78. The highest BCUT2D eigenvalue weighted by Gasteiger charge is 2.19. The molecule has 98 valence electrons. The van der Waals surface area contributed by atoms with Crippen LogP contribution in [-0.4, -0.2) is 34.6 Å². The maximum atomic E-state index is 5.41. The molecule has 1 aromatic heterocycles. The summed E-state index contributed by atoms with van der Waals surface area (Å²) in [4.78, 5) is 0. The number of nitrogens with one attached hydrogen (secondary N) is 1. The van der Waals surface area contributed by atoms with Crippen molar-refractivity contribution in [1.82, 2.24) is 20.1 Å². The lowest BCUT2D eigenvalue weighted by Crippen LogP contribution is -2.17. The lowest BCUT2D eigenvalue weighted by molar-refractivity contribution is 0.174. The minimum atomic E-state index is 0.292. The van der Waals surface area contributed by atoms with Gasteiger partial charge in [-0.1, -0.05) is 0 Å². The van der Waals surface area contributed by atoms with Crippen LogP contribution in [0.25, 0.3) is 11.4 Å². The Labute approximate surface area is 110 Å². The normalized spacial score (nSPS) is 17.1. The van der Waals surface area contributed by atoms with Crippen LogP contribution in [0, 0.1) is 0 Å². The van der Waals surface area contributed by atoms with E-state index >= 15 is 0 Å². The molecule has 1 aromatic carbocycles. The fraction of sp³-hybridized carbons (Fsp3) is 0.385. The number of hydrogen-bond acceptors (Lipinski definition) is 5. The standard InChI is InChI=1S/C13H14N4O2/c1-2-10-11(19-8-18-10)7-9(1)13-16-15-12-3-4-14-5-6-17(12)13/h1-2,7,14H,3-6,8H2. The van der Waals surface area contributed by atoms with Crippen LogP contribution in [0.2, 0.25) is 0 Å². The van der Waals surface area contributed by atoms with Gasteiger partial charge >= 0.3 is 0 Å². The number of benzene rings is 1. The molecule has 0 radical (unpaired) electrons. The fourth-order valence-corrected chi connectivity index (χ4v) is 2.52. The number of fused-ring (bicyclic) bond motifs is 2. The van der Waals surface area contributed by atoms with Gasteiger partial charge in [0.15, 0.2) is 17.3 Å². The van der Waals surface area contributed by atoms with Crippen molar-refractivity contribution >= 4 is 0 Å². The highest BCUT2D eigenvalue weighted by atomic mass is 16.7. The second-order valence-corrected chi connectivity index (χ2v) is 4.66. The first-order valence-corrected chi connectivity index (χ1v) is 6.44. The monoisotopic (exact) mass is 258 g/mol. The Morgan fingerprint density at radius 1 is 1.11 bits per heavy atom. The van der Waals surface area contributed by atoms with Crippen molar-refractivity contribution in [1.29, 1.82) is 0 Å². The minimum Gasteiger partial charge on any atom is -0.454 e. The van der Waals surface area contributed by atoms with E-state index in [1.165, 1.54) is 0 Å². The molecule has 0 atom stereocenters. The maximum Gasteiger partial charge on any atom is 0.231 e. The summed E-state index contributed by atoms with van der Waals surface area (Å²) in [7, 11) is 0. The molecule has 19 heavy (non-hydrogen) atoms. The summed E-state index contributed by atoms with van der Waals surface area (Å²) in [6, 6.07) is 5.90. The van der Waals surface area contributed by atoms with Gasteiger partial charge in [-0.25, -0.2) is 0 Å². The van der Waals surface area contributed by atoms with Crippen LogP contribution >= 0.6 is 0 Å². The van der Waals surface area contributed by atoms with Crippen LogP contribution in [0.1, 0.15) is 5.82 Å². The molecule has 0 fully saturated rings. The van der Waals surface area contributed by atoms with Gasteiger partial charge in [0.1, 0.15) is 5.82 Å². The van der Waals surface area contributed by atoms with Crippen LogP contribution in [-0.2, 0) is 13.0 Å². The summed E-state index contributed by atoms with van der Waals surface area (Å²) in [5.74, 6) is 3.51. The third kappa shape index (κ3) is 1.76. The van der Waals surface area contributed by atoms with Gasteiger partial charge < -0.3 is 19.4 Å². The molecule has 6 nitrogen and oxygen atoms in total. The van der Waals surface area contributed by atoms with Crippen molar-refractivity contribution in [3.8, 4) is 22.9 Å². The number of ether oxygens (including phenoxy) is 2. The first-order chi connectivity index (χ1) is 9.42. The zero-order valence-corrected chi connectivity index (χ0v) is 10.4. The van der Waals surface area contributed by atoms with Gasteiger partial charge in [0.25, 0.3) is 0 Å². The number of hydrogen-bond donors (Lipinski definition) is 1. The van der Waals surface area contributed by atoms with Gasteiger partial charge in [0.05, 0.1) is 0 Å². The molecule has 3 heterocycles. The van der Waals surface area contributed by atoms with Gasteiger partial charge in [-0.2, -0.15) is 0 Å². The van der Waals surface area contributed by atoms with Crippen LogP contribution < -0.4 is 14.8 Å². The summed E-state index contributed by atoms with van der Waals surface area (Å²) in [5, 5.41) is 12.0. The van der Waals surface area contributed by atoms with Crippen LogP contribution in [0.15, 0.2) is 18.2 Å². The Morgan fingerprint density at radius 3 is 3.05 bits per heavy atom. The fourth-order valence-electron chi connectivity index (χ4n) is 2.52.